The van der Waals surface area contributed by atoms with Gasteiger partial charge in [0.15, 0.2) is 0 Å². The lowest BCUT2D eigenvalue weighted by molar-refractivity contribution is -0.143. The van der Waals surface area contributed by atoms with Gasteiger partial charge in [0.25, 0.3) is 0 Å². The van der Waals surface area contributed by atoms with Crippen LogP contribution in [0.25, 0.3) is 0 Å². The van der Waals surface area contributed by atoms with Crippen LogP contribution in [0.3, 0.4) is 0 Å². The zero-order chi connectivity index (χ0) is 11.8. The largest absolute Gasteiger partial charge is 0.480 e. The Morgan fingerprint density at radius 1 is 1.40 bits per heavy atom. The molecular weight excluding hydrogens is 196 g/mol. The molecule has 0 aliphatic carbocycles. The van der Waals surface area contributed by atoms with E-state index in [-0.39, 0.29) is 12.0 Å². The van der Waals surface area contributed by atoms with Crippen LogP contribution in [0.4, 0.5) is 4.79 Å². The minimum Gasteiger partial charge on any atom is -0.480 e. The quantitative estimate of drug-likeness (QED) is 0.636. The standard InChI is InChI=1S/C10H18N2O3/c1-5(2)6-10(3,4)7(8(13)14)12-9(15)11-6/h5-7H,1-4H3,(H,13,14)(H2,11,12,15)/t6-,7+/m1/s1. The van der Waals surface area contributed by atoms with Crippen LogP contribution in [0.1, 0.15) is 27.7 Å². The summed E-state index contributed by atoms with van der Waals surface area (Å²) >= 11 is 0. The van der Waals surface area contributed by atoms with Crippen molar-refractivity contribution >= 4 is 12.0 Å². The molecule has 0 saturated carbocycles. The Morgan fingerprint density at radius 3 is 2.33 bits per heavy atom. The first-order valence-corrected chi connectivity index (χ1v) is 5.06. The van der Waals surface area contributed by atoms with Gasteiger partial charge in [-0.1, -0.05) is 27.7 Å². The summed E-state index contributed by atoms with van der Waals surface area (Å²) in [6, 6.07) is -1.37. The van der Waals surface area contributed by atoms with Crippen LogP contribution in [0.5, 0.6) is 0 Å². The lowest BCUT2D eigenvalue weighted by Gasteiger charge is -2.45. The number of carboxylic acid groups (broad SMARTS) is 1. The van der Waals surface area contributed by atoms with Crippen molar-refractivity contribution in [2.24, 2.45) is 11.3 Å². The lowest BCUT2D eigenvalue weighted by atomic mass is 9.72. The maximum atomic E-state index is 11.3. The monoisotopic (exact) mass is 214 g/mol. The summed E-state index contributed by atoms with van der Waals surface area (Å²) in [5.74, 6) is -0.784. The van der Waals surface area contributed by atoms with Gasteiger partial charge in [-0.2, -0.15) is 0 Å². The van der Waals surface area contributed by atoms with Crippen LogP contribution in [0.2, 0.25) is 0 Å². The molecule has 0 bridgehead atoms. The molecule has 2 atom stereocenters. The highest BCUT2D eigenvalue weighted by atomic mass is 16.4. The molecule has 86 valence electrons. The van der Waals surface area contributed by atoms with Gasteiger partial charge in [-0.3, -0.25) is 0 Å². The number of amides is 2. The fourth-order valence-corrected chi connectivity index (χ4v) is 2.27. The van der Waals surface area contributed by atoms with Crippen LogP contribution in [0, 0.1) is 11.3 Å². The number of carboxylic acids is 1. The predicted octanol–water partition coefficient (Wildman–Crippen LogP) is 0.803. The molecule has 0 aromatic carbocycles. The van der Waals surface area contributed by atoms with E-state index in [0.29, 0.717) is 0 Å². The molecular formula is C10H18N2O3. The molecule has 0 radical (unpaired) electrons. The van der Waals surface area contributed by atoms with Crippen molar-refractivity contribution in [1.29, 1.82) is 0 Å². The second-order valence-electron chi connectivity index (χ2n) is 4.93. The molecule has 1 saturated heterocycles. The van der Waals surface area contributed by atoms with Gasteiger partial charge in [0.2, 0.25) is 0 Å². The van der Waals surface area contributed by atoms with E-state index in [9.17, 15) is 9.59 Å². The molecule has 0 spiro atoms. The van der Waals surface area contributed by atoms with Gasteiger partial charge < -0.3 is 15.7 Å². The van der Waals surface area contributed by atoms with E-state index in [1.807, 2.05) is 27.7 Å². The molecule has 2 amide bonds. The fraction of sp³-hybridized carbons (Fsp3) is 0.800. The van der Waals surface area contributed by atoms with E-state index < -0.39 is 23.5 Å². The normalized spacial score (nSPS) is 29.5. The molecule has 1 heterocycles. The summed E-state index contributed by atoms with van der Waals surface area (Å²) in [6.07, 6.45) is 0. The summed E-state index contributed by atoms with van der Waals surface area (Å²) < 4.78 is 0. The number of rotatable bonds is 2. The maximum Gasteiger partial charge on any atom is 0.326 e. The van der Waals surface area contributed by atoms with E-state index in [2.05, 4.69) is 10.6 Å². The third kappa shape index (κ3) is 2.06. The van der Waals surface area contributed by atoms with Gasteiger partial charge in [0.05, 0.1) is 0 Å². The first kappa shape index (κ1) is 11.8. The highest BCUT2D eigenvalue weighted by molar-refractivity contribution is 5.85. The summed E-state index contributed by atoms with van der Waals surface area (Å²) in [5.41, 5.74) is -0.506. The van der Waals surface area contributed by atoms with Crippen molar-refractivity contribution < 1.29 is 14.7 Å². The zero-order valence-corrected chi connectivity index (χ0v) is 9.50. The van der Waals surface area contributed by atoms with Crippen molar-refractivity contribution in [2.75, 3.05) is 0 Å². The number of urea groups is 1. The maximum absolute atomic E-state index is 11.3. The van der Waals surface area contributed by atoms with Crippen LogP contribution in [0.15, 0.2) is 0 Å². The third-order valence-electron chi connectivity index (χ3n) is 3.02. The molecule has 0 aromatic rings. The number of carbonyl (C=O) groups excluding carboxylic acids is 1. The van der Waals surface area contributed by atoms with Crippen LogP contribution >= 0.6 is 0 Å². The van der Waals surface area contributed by atoms with Crippen molar-refractivity contribution in [2.45, 2.75) is 39.8 Å². The van der Waals surface area contributed by atoms with E-state index in [4.69, 9.17) is 5.11 Å². The average Bonchev–Trinajstić information content (AvgIpc) is 2.07. The van der Waals surface area contributed by atoms with E-state index >= 15 is 0 Å². The van der Waals surface area contributed by atoms with Gasteiger partial charge in [-0.15, -0.1) is 0 Å². The Morgan fingerprint density at radius 2 is 1.93 bits per heavy atom. The van der Waals surface area contributed by atoms with Crippen LogP contribution < -0.4 is 10.6 Å². The Bertz CT molecular complexity index is 286. The minimum atomic E-state index is -0.986. The third-order valence-corrected chi connectivity index (χ3v) is 3.02. The molecule has 1 rings (SSSR count). The Kier molecular flexibility index (Phi) is 2.93. The fourth-order valence-electron chi connectivity index (χ4n) is 2.27. The molecule has 1 aliphatic rings. The molecule has 1 fully saturated rings. The second kappa shape index (κ2) is 3.72. The number of nitrogens with one attached hydrogen (secondary N) is 2. The predicted molar refractivity (Wildman–Crippen MR) is 55.5 cm³/mol. The average molecular weight is 214 g/mol. The summed E-state index contributed by atoms with van der Waals surface area (Å²) in [5, 5.41) is 14.3. The highest BCUT2D eigenvalue weighted by Gasteiger charge is 2.47. The minimum absolute atomic E-state index is 0.132. The molecule has 5 nitrogen and oxygen atoms in total. The zero-order valence-electron chi connectivity index (χ0n) is 9.50. The molecule has 0 unspecified atom stereocenters. The van der Waals surface area contributed by atoms with Crippen molar-refractivity contribution in [3.8, 4) is 0 Å². The number of hydrogen-bond donors (Lipinski definition) is 3. The number of aliphatic carboxylic acids is 1. The van der Waals surface area contributed by atoms with Crippen LogP contribution in [-0.4, -0.2) is 29.2 Å². The Labute approximate surface area is 89.2 Å². The van der Waals surface area contributed by atoms with Gasteiger partial charge in [-0.05, 0) is 5.92 Å². The van der Waals surface area contributed by atoms with Crippen molar-refractivity contribution in [3.63, 3.8) is 0 Å². The van der Waals surface area contributed by atoms with Crippen LogP contribution in [-0.2, 0) is 4.79 Å². The van der Waals surface area contributed by atoms with Crippen molar-refractivity contribution in [3.05, 3.63) is 0 Å². The number of carbonyl (C=O) groups is 2. The Balaban J connectivity index is 3.00. The number of hydrogen-bond acceptors (Lipinski definition) is 2. The van der Waals surface area contributed by atoms with Gasteiger partial charge >= 0.3 is 12.0 Å². The summed E-state index contributed by atoms with van der Waals surface area (Å²) in [4.78, 5) is 22.3. The van der Waals surface area contributed by atoms with Gasteiger partial charge in [0.1, 0.15) is 6.04 Å². The smallest absolute Gasteiger partial charge is 0.326 e. The summed E-state index contributed by atoms with van der Waals surface area (Å²) in [6.45, 7) is 7.64. The highest BCUT2D eigenvalue weighted by Crippen LogP contribution is 2.32. The Hall–Kier alpha value is -1.26. The van der Waals surface area contributed by atoms with E-state index in [0.717, 1.165) is 0 Å². The molecule has 0 aromatic heterocycles. The molecule has 5 heteroatoms. The lowest BCUT2D eigenvalue weighted by Crippen LogP contribution is -2.68. The molecule has 1 aliphatic heterocycles. The molecule has 3 N–H and O–H groups in total. The summed E-state index contributed by atoms with van der Waals surface area (Å²) in [7, 11) is 0. The second-order valence-corrected chi connectivity index (χ2v) is 4.93. The SMILES string of the molecule is CC(C)[C@H]1NC(=O)N[C@@H](C(=O)O)C1(C)C. The topological polar surface area (TPSA) is 78.4 Å². The van der Waals surface area contributed by atoms with E-state index in [1.165, 1.54) is 0 Å². The van der Waals surface area contributed by atoms with E-state index in [1.54, 1.807) is 0 Å². The van der Waals surface area contributed by atoms with Gasteiger partial charge in [-0.25, -0.2) is 9.59 Å². The first-order chi connectivity index (χ1) is 6.76. The van der Waals surface area contributed by atoms with Crippen molar-refractivity contribution in [1.82, 2.24) is 10.6 Å². The van der Waals surface area contributed by atoms with Gasteiger partial charge in [0, 0.05) is 11.5 Å². The first-order valence-electron chi connectivity index (χ1n) is 5.06. The molecule has 15 heavy (non-hydrogen) atoms.